The van der Waals surface area contributed by atoms with Crippen LogP contribution in [0, 0.1) is 18.3 Å². The number of amides is 1. The van der Waals surface area contributed by atoms with Crippen molar-refractivity contribution in [2.75, 3.05) is 18.4 Å². The van der Waals surface area contributed by atoms with Gasteiger partial charge in [-0.15, -0.1) is 11.3 Å². The number of carbonyl (C=O) groups excluding carboxylic acids is 1. The lowest BCUT2D eigenvalue weighted by atomic mass is 10.1. The van der Waals surface area contributed by atoms with Gasteiger partial charge in [-0.25, -0.2) is 13.2 Å². The number of hydrogen-bond acceptors (Lipinski definition) is 7. The van der Waals surface area contributed by atoms with Crippen LogP contribution in [0.2, 0.25) is 0 Å². The first-order chi connectivity index (χ1) is 14.5. The fourth-order valence-corrected chi connectivity index (χ4v) is 6.43. The zero-order valence-electron chi connectivity index (χ0n) is 17.1. The van der Waals surface area contributed by atoms with Crippen LogP contribution < -0.4 is 5.32 Å². The van der Waals surface area contributed by atoms with E-state index in [1.54, 1.807) is 20.8 Å². The van der Waals surface area contributed by atoms with Gasteiger partial charge >= 0.3 is 5.97 Å². The lowest BCUT2D eigenvalue weighted by Crippen LogP contribution is -2.48. The highest BCUT2D eigenvalue weighted by molar-refractivity contribution is 7.89. The van der Waals surface area contributed by atoms with Crippen LogP contribution >= 0.6 is 11.3 Å². The van der Waals surface area contributed by atoms with E-state index >= 15 is 0 Å². The first-order valence-corrected chi connectivity index (χ1v) is 11.6. The van der Waals surface area contributed by atoms with Crippen LogP contribution in [-0.2, 0) is 14.8 Å². The summed E-state index contributed by atoms with van der Waals surface area (Å²) < 4.78 is 33.2. The minimum Gasteiger partial charge on any atom is -0.478 e. The number of nitriles is 1. The minimum atomic E-state index is -3.82. The molecule has 1 amide bonds. The predicted octanol–water partition coefficient (Wildman–Crippen LogP) is 2.68. The van der Waals surface area contributed by atoms with E-state index in [4.69, 9.17) is 10.00 Å². The Bertz CT molecular complexity index is 1170. The number of carbonyl (C=O) groups is 2. The number of morpholine rings is 1. The zero-order chi connectivity index (χ0) is 22.9. The molecule has 0 spiro atoms. The minimum absolute atomic E-state index is 0.0165. The number of rotatable bonds is 5. The molecule has 2 aromatic rings. The van der Waals surface area contributed by atoms with Gasteiger partial charge in [0, 0.05) is 18.0 Å². The third-order valence-corrected chi connectivity index (χ3v) is 7.86. The van der Waals surface area contributed by atoms with Crippen molar-refractivity contribution in [3.63, 3.8) is 0 Å². The maximum atomic E-state index is 13.1. The summed E-state index contributed by atoms with van der Waals surface area (Å²) in [6.45, 7) is 5.66. The lowest BCUT2D eigenvalue weighted by Gasteiger charge is -2.34. The number of benzene rings is 1. The molecule has 2 atom stereocenters. The number of carboxylic acids is 1. The molecule has 164 valence electrons. The quantitative estimate of drug-likeness (QED) is 0.695. The number of aromatic carboxylic acids is 1. The molecule has 3 rings (SSSR count). The van der Waals surface area contributed by atoms with Crippen molar-refractivity contribution in [2.45, 2.75) is 37.9 Å². The molecule has 2 unspecified atom stereocenters. The number of hydrogen-bond donors (Lipinski definition) is 2. The molecule has 0 saturated carbocycles. The van der Waals surface area contributed by atoms with Crippen molar-refractivity contribution in [1.82, 2.24) is 4.31 Å². The average Bonchev–Trinajstić information content (AvgIpc) is 3.10. The van der Waals surface area contributed by atoms with Gasteiger partial charge in [0.2, 0.25) is 10.0 Å². The molecule has 31 heavy (non-hydrogen) atoms. The molecule has 1 aromatic heterocycles. The molecule has 1 aliphatic heterocycles. The number of thiophene rings is 1. The number of ether oxygens (including phenoxy) is 1. The van der Waals surface area contributed by atoms with Crippen LogP contribution in [0.3, 0.4) is 0 Å². The standard InChI is InChI=1S/C20H21N3O6S2/c1-11-9-23(10-12(2)29-11)31(27,28)18-7-17(30-13(18)3)19(24)22-16-5-4-14(8-21)6-15(16)20(25)26/h4-7,11-12H,9-10H2,1-3H3,(H,22,24)(H,25,26). The predicted molar refractivity (Wildman–Crippen MR) is 114 cm³/mol. The topological polar surface area (TPSA) is 137 Å². The molecule has 2 heterocycles. The summed E-state index contributed by atoms with van der Waals surface area (Å²) in [6.07, 6.45) is -0.489. The second-order valence-electron chi connectivity index (χ2n) is 7.24. The number of anilines is 1. The van der Waals surface area contributed by atoms with Crippen molar-refractivity contribution in [3.8, 4) is 6.07 Å². The fourth-order valence-electron chi connectivity index (χ4n) is 3.38. The highest BCUT2D eigenvalue weighted by Gasteiger charge is 2.34. The molecular weight excluding hydrogens is 442 g/mol. The van der Waals surface area contributed by atoms with E-state index in [1.165, 1.54) is 22.5 Å². The van der Waals surface area contributed by atoms with Crippen LogP contribution in [-0.4, -0.2) is 55.0 Å². The van der Waals surface area contributed by atoms with E-state index < -0.39 is 21.9 Å². The van der Waals surface area contributed by atoms with E-state index in [9.17, 15) is 23.1 Å². The number of nitrogens with zero attached hydrogens (tertiary/aromatic N) is 2. The first-order valence-electron chi connectivity index (χ1n) is 9.37. The SMILES string of the molecule is Cc1sc(C(=O)Nc2ccc(C#N)cc2C(=O)O)cc1S(=O)(=O)N1CC(C)OC(C)C1. The molecule has 1 aliphatic rings. The van der Waals surface area contributed by atoms with Crippen molar-refractivity contribution in [1.29, 1.82) is 5.26 Å². The second-order valence-corrected chi connectivity index (χ2v) is 10.4. The largest absolute Gasteiger partial charge is 0.478 e. The van der Waals surface area contributed by atoms with E-state index in [1.807, 2.05) is 6.07 Å². The zero-order valence-corrected chi connectivity index (χ0v) is 18.7. The number of aryl methyl sites for hydroxylation is 1. The van der Waals surface area contributed by atoms with Gasteiger partial charge in [0.1, 0.15) is 0 Å². The second kappa shape index (κ2) is 8.76. The molecule has 2 N–H and O–H groups in total. The van der Waals surface area contributed by atoms with E-state index in [0.29, 0.717) is 4.88 Å². The van der Waals surface area contributed by atoms with Crippen molar-refractivity contribution >= 4 is 38.9 Å². The number of sulfonamides is 1. The lowest BCUT2D eigenvalue weighted by molar-refractivity contribution is -0.0440. The average molecular weight is 464 g/mol. The Labute approximate surface area is 183 Å². The van der Waals surface area contributed by atoms with Gasteiger partial charge < -0.3 is 15.2 Å². The summed E-state index contributed by atoms with van der Waals surface area (Å²) in [5, 5.41) is 20.8. The summed E-state index contributed by atoms with van der Waals surface area (Å²) >= 11 is 1.01. The Balaban J connectivity index is 1.88. The molecule has 1 aromatic carbocycles. The van der Waals surface area contributed by atoms with Crippen LogP contribution in [0.1, 0.15) is 44.3 Å². The maximum absolute atomic E-state index is 13.1. The van der Waals surface area contributed by atoms with E-state index in [2.05, 4.69) is 5.32 Å². The van der Waals surface area contributed by atoms with Crippen LogP contribution in [0.15, 0.2) is 29.2 Å². The third kappa shape index (κ3) is 4.77. The smallest absolute Gasteiger partial charge is 0.337 e. The van der Waals surface area contributed by atoms with Gasteiger partial charge in [0.15, 0.2) is 0 Å². The highest BCUT2D eigenvalue weighted by Crippen LogP contribution is 2.31. The monoisotopic (exact) mass is 463 g/mol. The van der Waals surface area contributed by atoms with Gasteiger partial charge in [0.25, 0.3) is 5.91 Å². The summed E-state index contributed by atoms with van der Waals surface area (Å²) in [5.41, 5.74) is -0.0719. The van der Waals surface area contributed by atoms with E-state index in [0.717, 1.165) is 17.4 Å². The van der Waals surface area contributed by atoms with Crippen molar-refractivity contribution in [3.05, 3.63) is 45.1 Å². The van der Waals surface area contributed by atoms with Crippen molar-refractivity contribution < 1.29 is 27.9 Å². The maximum Gasteiger partial charge on any atom is 0.337 e. The molecule has 1 fully saturated rings. The van der Waals surface area contributed by atoms with Crippen molar-refractivity contribution in [2.24, 2.45) is 0 Å². The van der Waals surface area contributed by atoms with Gasteiger partial charge in [-0.3, -0.25) is 4.79 Å². The normalized spacial score (nSPS) is 19.5. The molecule has 11 heteroatoms. The Morgan fingerprint density at radius 2 is 1.90 bits per heavy atom. The molecule has 9 nitrogen and oxygen atoms in total. The Morgan fingerprint density at radius 3 is 2.48 bits per heavy atom. The highest BCUT2D eigenvalue weighted by atomic mass is 32.2. The van der Waals surface area contributed by atoms with Crippen LogP contribution in [0.5, 0.6) is 0 Å². The number of carboxylic acid groups (broad SMARTS) is 1. The molecule has 1 saturated heterocycles. The Morgan fingerprint density at radius 1 is 1.26 bits per heavy atom. The van der Waals surface area contributed by atoms with Gasteiger partial charge in [-0.1, -0.05) is 0 Å². The molecule has 0 bridgehead atoms. The van der Waals surface area contributed by atoms with Gasteiger partial charge in [-0.2, -0.15) is 9.57 Å². The van der Waals surface area contributed by atoms with Gasteiger partial charge in [-0.05, 0) is 45.0 Å². The third-order valence-electron chi connectivity index (χ3n) is 4.73. The molecule has 0 radical (unpaired) electrons. The summed E-state index contributed by atoms with van der Waals surface area (Å²) in [6, 6.07) is 7.03. The Hall–Kier alpha value is -2.78. The Kier molecular flexibility index (Phi) is 6.47. The molecule has 0 aliphatic carbocycles. The van der Waals surface area contributed by atoms with E-state index in [-0.39, 0.29) is 51.9 Å². The van der Waals surface area contributed by atoms with Crippen LogP contribution in [0.4, 0.5) is 5.69 Å². The summed E-state index contributed by atoms with van der Waals surface area (Å²) in [5.74, 6) is -1.93. The van der Waals surface area contributed by atoms with Gasteiger partial charge in [0.05, 0.1) is 44.9 Å². The summed E-state index contributed by atoms with van der Waals surface area (Å²) in [4.78, 5) is 24.8. The fraction of sp³-hybridized carbons (Fsp3) is 0.350. The number of nitrogens with one attached hydrogen (secondary N) is 1. The molecular formula is C20H21N3O6S2. The first kappa shape index (κ1) is 22.9. The van der Waals surface area contributed by atoms with Crippen LogP contribution in [0.25, 0.3) is 0 Å². The summed E-state index contributed by atoms with van der Waals surface area (Å²) in [7, 11) is -3.82.